The summed E-state index contributed by atoms with van der Waals surface area (Å²) in [6, 6.07) is 13.0. The zero-order chi connectivity index (χ0) is 29.8. The van der Waals surface area contributed by atoms with Crippen LogP contribution in [0.25, 0.3) is 0 Å². The minimum absolute atomic E-state index is 0.0417. The van der Waals surface area contributed by atoms with Crippen molar-refractivity contribution < 1.29 is 14.0 Å². The number of piperidine rings is 1. The fraction of sp³-hybridized carbons (Fsp3) is 0.500. The third kappa shape index (κ3) is 6.66. The van der Waals surface area contributed by atoms with Crippen molar-refractivity contribution in [2.45, 2.75) is 83.2 Å². The smallest absolute Gasteiger partial charge is 0.257 e. The monoisotopic (exact) mass is 584 g/mol. The van der Waals surface area contributed by atoms with Gasteiger partial charge in [0.1, 0.15) is 5.82 Å². The molecule has 43 heavy (non-hydrogen) atoms. The minimum Gasteiger partial charge on any atom is -0.383 e. The molecule has 2 N–H and O–H groups in total. The summed E-state index contributed by atoms with van der Waals surface area (Å²) < 4.78 is 15.0. The lowest BCUT2D eigenvalue weighted by atomic mass is 9.77. The number of carbonyl (C=O) groups excluding carboxylic acids is 2. The molecule has 0 spiro atoms. The highest BCUT2D eigenvalue weighted by Crippen LogP contribution is 2.36. The lowest BCUT2D eigenvalue weighted by molar-refractivity contribution is -0.123. The number of amides is 2. The summed E-state index contributed by atoms with van der Waals surface area (Å²) in [5.41, 5.74) is 3.76. The molecule has 7 heteroatoms. The molecular formula is C36H45FN4O2. The first-order valence-corrected chi connectivity index (χ1v) is 16.3. The van der Waals surface area contributed by atoms with Crippen LogP contribution in [0.1, 0.15) is 80.1 Å². The predicted octanol–water partition coefficient (Wildman–Crippen LogP) is 6.98. The van der Waals surface area contributed by atoms with E-state index in [1.165, 1.54) is 51.0 Å². The third-order valence-corrected chi connectivity index (χ3v) is 9.85. The molecule has 2 aliphatic heterocycles. The second-order valence-corrected chi connectivity index (χ2v) is 12.8. The Hall–Kier alpha value is -3.61. The van der Waals surface area contributed by atoms with Crippen LogP contribution in [0.5, 0.6) is 0 Å². The van der Waals surface area contributed by atoms with E-state index in [2.05, 4.69) is 45.9 Å². The van der Waals surface area contributed by atoms with Gasteiger partial charge in [0.05, 0.1) is 17.5 Å². The van der Waals surface area contributed by atoms with Crippen LogP contribution < -0.4 is 15.5 Å². The average molecular weight is 585 g/mol. The topological polar surface area (TPSA) is 64.7 Å². The van der Waals surface area contributed by atoms with E-state index in [1.54, 1.807) is 24.0 Å². The number of carbonyl (C=O) groups is 2. The molecule has 2 unspecified atom stereocenters. The second-order valence-electron chi connectivity index (χ2n) is 12.8. The van der Waals surface area contributed by atoms with E-state index in [-0.39, 0.29) is 29.3 Å². The summed E-state index contributed by atoms with van der Waals surface area (Å²) >= 11 is 0. The molecule has 3 atom stereocenters. The number of hydrogen-bond acceptors (Lipinski definition) is 4. The van der Waals surface area contributed by atoms with Crippen molar-refractivity contribution in [3.63, 3.8) is 0 Å². The maximum absolute atomic E-state index is 15.0. The number of likely N-dealkylation sites (tertiary alicyclic amines) is 1. The molecule has 228 valence electrons. The highest BCUT2D eigenvalue weighted by molar-refractivity contribution is 5.98. The Morgan fingerprint density at radius 3 is 2.44 bits per heavy atom. The molecule has 6 rings (SSSR count). The SMILES string of the molecule is Cc1cccc(F)c1C(=O)N1CCCC(C(=O)Nc2cccc(N3CCCC3)c2)C1[C@@H]1C=CC(NC2CCCCC2)=CC1. The van der Waals surface area contributed by atoms with Crippen molar-refractivity contribution in [1.82, 2.24) is 10.2 Å². The Bertz CT molecular complexity index is 1350. The summed E-state index contributed by atoms with van der Waals surface area (Å²) in [6.45, 7) is 4.35. The molecule has 2 amide bonds. The van der Waals surface area contributed by atoms with Crippen LogP contribution in [-0.2, 0) is 4.79 Å². The van der Waals surface area contributed by atoms with E-state index in [0.717, 1.165) is 36.6 Å². The number of nitrogens with one attached hydrogen (secondary N) is 2. The molecule has 2 saturated heterocycles. The first-order valence-electron chi connectivity index (χ1n) is 16.3. The molecule has 2 aromatic carbocycles. The zero-order valence-electron chi connectivity index (χ0n) is 25.4. The fourth-order valence-corrected chi connectivity index (χ4v) is 7.59. The number of aryl methyl sites for hydroxylation is 1. The highest BCUT2D eigenvalue weighted by atomic mass is 19.1. The van der Waals surface area contributed by atoms with Gasteiger partial charge in [0.25, 0.3) is 5.91 Å². The molecular weight excluding hydrogens is 539 g/mol. The summed E-state index contributed by atoms with van der Waals surface area (Å²) in [6.07, 6.45) is 17.2. The van der Waals surface area contributed by atoms with E-state index in [1.807, 2.05) is 12.1 Å². The van der Waals surface area contributed by atoms with Gasteiger partial charge in [0, 0.05) is 48.7 Å². The lowest BCUT2D eigenvalue weighted by Crippen LogP contribution is -2.55. The quantitative estimate of drug-likeness (QED) is 0.369. The van der Waals surface area contributed by atoms with Gasteiger partial charge < -0.3 is 20.4 Å². The second kappa shape index (κ2) is 13.4. The lowest BCUT2D eigenvalue weighted by Gasteiger charge is -2.44. The summed E-state index contributed by atoms with van der Waals surface area (Å²) in [5, 5.41) is 6.91. The Morgan fingerprint density at radius 1 is 0.907 bits per heavy atom. The number of nitrogens with zero attached hydrogens (tertiary/aromatic N) is 2. The molecule has 6 nitrogen and oxygen atoms in total. The Kier molecular flexibility index (Phi) is 9.15. The van der Waals surface area contributed by atoms with Gasteiger partial charge in [0.15, 0.2) is 0 Å². The van der Waals surface area contributed by atoms with Crippen molar-refractivity contribution in [3.8, 4) is 0 Å². The van der Waals surface area contributed by atoms with Gasteiger partial charge in [0.2, 0.25) is 5.91 Å². The molecule has 4 aliphatic rings. The molecule has 3 fully saturated rings. The standard InChI is InChI=1S/C36H45FN4O2/c1-25-10-7-16-32(37)33(25)36(43)41-23-9-15-31(35(42)39-29-13-8-14-30(24-29)40-21-5-6-22-40)34(41)26-17-19-28(20-18-26)38-27-11-3-2-4-12-27/h7-8,10,13-14,16-17,19-20,24,26-27,31,34,38H,2-6,9,11-12,15,18,21-23H2,1H3,(H,39,42)/t26-,31?,34?/m1/s1. The number of allylic oxidation sites excluding steroid dienone is 2. The molecule has 1 saturated carbocycles. The van der Waals surface area contributed by atoms with Crippen molar-refractivity contribution >= 4 is 23.2 Å². The van der Waals surface area contributed by atoms with Crippen molar-refractivity contribution in [1.29, 1.82) is 0 Å². The maximum atomic E-state index is 15.0. The van der Waals surface area contributed by atoms with E-state index in [9.17, 15) is 9.59 Å². The Balaban J connectivity index is 1.25. The summed E-state index contributed by atoms with van der Waals surface area (Å²) in [4.78, 5) is 32.2. The van der Waals surface area contributed by atoms with Crippen molar-refractivity contribution in [2.75, 3.05) is 29.9 Å². The number of benzene rings is 2. The van der Waals surface area contributed by atoms with Crippen LogP contribution in [0.15, 0.2) is 66.4 Å². The van der Waals surface area contributed by atoms with E-state index < -0.39 is 11.7 Å². The summed E-state index contributed by atoms with van der Waals surface area (Å²) in [7, 11) is 0. The largest absolute Gasteiger partial charge is 0.383 e. The van der Waals surface area contributed by atoms with Crippen LogP contribution in [-0.4, -0.2) is 48.4 Å². The Labute approximate surface area is 255 Å². The highest BCUT2D eigenvalue weighted by Gasteiger charge is 2.43. The number of rotatable bonds is 7. The van der Waals surface area contributed by atoms with Crippen LogP contribution in [0.3, 0.4) is 0 Å². The molecule has 0 bridgehead atoms. The molecule has 2 aromatic rings. The third-order valence-electron chi connectivity index (χ3n) is 9.85. The van der Waals surface area contributed by atoms with Gasteiger partial charge in [-0.2, -0.15) is 0 Å². The normalized spacial score (nSPS) is 24.5. The first kappa shape index (κ1) is 29.5. The van der Waals surface area contributed by atoms with E-state index >= 15 is 4.39 Å². The van der Waals surface area contributed by atoms with Crippen LogP contribution >= 0.6 is 0 Å². The van der Waals surface area contributed by atoms with Gasteiger partial charge in [-0.05, 0) is 87.8 Å². The van der Waals surface area contributed by atoms with Crippen LogP contribution in [0.4, 0.5) is 15.8 Å². The predicted molar refractivity (Wildman–Crippen MR) is 171 cm³/mol. The van der Waals surface area contributed by atoms with Gasteiger partial charge in [-0.3, -0.25) is 9.59 Å². The van der Waals surface area contributed by atoms with Gasteiger partial charge >= 0.3 is 0 Å². The zero-order valence-corrected chi connectivity index (χ0v) is 25.4. The van der Waals surface area contributed by atoms with Gasteiger partial charge in [-0.25, -0.2) is 4.39 Å². The molecule has 0 radical (unpaired) electrons. The average Bonchev–Trinajstić information content (AvgIpc) is 3.57. The summed E-state index contributed by atoms with van der Waals surface area (Å²) in [5.74, 6) is -1.35. The van der Waals surface area contributed by atoms with Crippen molar-refractivity contribution in [3.05, 3.63) is 83.3 Å². The van der Waals surface area contributed by atoms with E-state index in [0.29, 0.717) is 31.0 Å². The number of anilines is 2. The van der Waals surface area contributed by atoms with E-state index in [4.69, 9.17) is 0 Å². The first-order chi connectivity index (χ1) is 21.0. The molecule has 0 aromatic heterocycles. The maximum Gasteiger partial charge on any atom is 0.257 e. The number of hydrogen-bond donors (Lipinski definition) is 2. The number of halogens is 1. The van der Waals surface area contributed by atoms with Gasteiger partial charge in [-0.15, -0.1) is 0 Å². The molecule has 2 heterocycles. The van der Waals surface area contributed by atoms with Gasteiger partial charge in [-0.1, -0.05) is 49.6 Å². The van der Waals surface area contributed by atoms with Crippen molar-refractivity contribution in [2.24, 2.45) is 11.8 Å². The van der Waals surface area contributed by atoms with Crippen LogP contribution in [0, 0.1) is 24.6 Å². The Morgan fingerprint density at radius 2 is 1.70 bits per heavy atom. The minimum atomic E-state index is -0.507. The molecule has 2 aliphatic carbocycles. The van der Waals surface area contributed by atoms with Crippen LogP contribution in [0.2, 0.25) is 0 Å². The fourth-order valence-electron chi connectivity index (χ4n) is 7.59.